The molecule has 1 aliphatic heterocycles. The summed E-state index contributed by atoms with van der Waals surface area (Å²) < 4.78 is 11.8. The predicted molar refractivity (Wildman–Crippen MR) is 136 cm³/mol. The zero-order valence-electron chi connectivity index (χ0n) is 21.2. The van der Waals surface area contributed by atoms with Crippen molar-refractivity contribution in [3.8, 4) is 11.5 Å². The highest BCUT2D eigenvalue weighted by Crippen LogP contribution is 2.50. The van der Waals surface area contributed by atoms with Crippen molar-refractivity contribution >= 4 is 17.5 Å². The van der Waals surface area contributed by atoms with E-state index in [1.807, 2.05) is 24.0 Å². The Morgan fingerprint density at radius 1 is 1.11 bits per heavy atom. The lowest BCUT2D eigenvalue weighted by molar-refractivity contribution is -0.137. The minimum absolute atomic E-state index is 0.0297. The fourth-order valence-corrected chi connectivity index (χ4v) is 5.70. The van der Waals surface area contributed by atoms with E-state index in [0.29, 0.717) is 61.4 Å². The summed E-state index contributed by atoms with van der Waals surface area (Å²) in [6, 6.07) is 3.92. The van der Waals surface area contributed by atoms with Crippen molar-refractivity contribution in [3.05, 3.63) is 58.5 Å². The maximum Gasteiger partial charge on any atom is 0.305 e. The Labute approximate surface area is 212 Å². The van der Waals surface area contributed by atoms with Gasteiger partial charge < -0.3 is 19.5 Å². The molecule has 1 heterocycles. The molecule has 0 saturated carbocycles. The van der Waals surface area contributed by atoms with Gasteiger partial charge in [0, 0.05) is 53.4 Å². The molecule has 0 spiro atoms. The van der Waals surface area contributed by atoms with Crippen molar-refractivity contribution in [1.82, 2.24) is 4.90 Å². The molecule has 7 nitrogen and oxygen atoms in total. The number of aliphatic carboxylic acids is 1. The van der Waals surface area contributed by atoms with Gasteiger partial charge in [-0.05, 0) is 50.2 Å². The van der Waals surface area contributed by atoms with Crippen molar-refractivity contribution in [3.63, 3.8) is 0 Å². The summed E-state index contributed by atoms with van der Waals surface area (Å²) in [5, 5.41) is 9.37. The van der Waals surface area contributed by atoms with Crippen LogP contribution >= 0.6 is 0 Å². The first-order valence-electron chi connectivity index (χ1n) is 12.9. The van der Waals surface area contributed by atoms with Crippen molar-refractivity contribution in [2.45, 2.75) is 70.6 Å². The van der Waals surface area contributed by atoms with Crippen molar-refractivity contribution < 1.29 is 29.0 Å². The van der Waals surface area contributed by atoms with Gasteiger partial charge >= 0.3 is 5.97 Å². The number of allylic oxidation sites excluding steroid dienone is 5. The lowest BCUT2D eigenvalue weighted by Crippen LogP contribution is -2.40. The largest absolute Gasteiger partial charge is 0.493 e. The van der Waals surface area contributed by atoms with Gasteiger partial charge in [-0.15, -0.1) is 6.58 Å². The van der Waals surface area contributed by atoms with Gasteiger partial charge in [0.05, 0.1) is 20.1 Å². The number of ketones is 2. The molecule has 7 heteroatoms. The Morgan fingerprint density at radius 2 is 1.75 bits per heavy atom. The van der Waals surface area contributed by atoms with Crippen LogP contribution in [0.15, 0.2) is 47.3 Å². The number of nitrogens with zero attached hydrogens (tertiary/aromatic N) is 1. The molecule has 192 valence electrons. The van der Waals surface area contributed by atoms with E-state index in [0.717, 1.165) is 41.8 Å². The van der Waals surface area contributed by atoms with Crippen LogP contribution in [0.3, 0.4) is 0 Å². The number of benzene rings is 1. The summed E-state index contributed by atoms with van der Waals surface area (Å²) in [4.78, 5) is 40.3. The number of Topliss-reactive ketones (excluding diaryl/α,β-unsaturated/α-hetero) is 2. The van der Waals surface area contributed by atoms with Crippen molar-refractivity contribution in [2.75, 3.05) is 20.3 Å². The molecule has 2 aliphatic carbocycles. The van der Waals surface area contributed by atoms with Crippen LogP contribution in [0.4, 0.5) is 0 Å². The Bertz CT molecular complexity index is 1100. The van der Waals surface area contributed by atoms with Gasteiger partial charge in [-0.3, -0.25) is 14.4 Å². The van der Waals surface area contributed by atoms with Gasteiger partial charge in [0.25, 0.3) is 0 Å². The molecule has 36 heavy (non-hydrogen) atoms. The SMILES string of the molecule is C=CCc1cc(C2C3=C(CCCC3=O)N(CCC(=O)O)C3=C2C(=O)CCC3)cc(OC)c1OCCC. The molecule has 0 bridgehead atoms. The average Bonchev–Trinajstić information content (AvgIpc) is 2.86. The second-order valence-corrected chi connectivity index (χ2v) is 9.56. The minimum Gasteiger partial charge on any atom is -0.493 e. The smallest absolute Gasteiger partial charge is 0.305 e. The van der Waals surface area contributed by atoms with Crippen molar-refractivity contribution in [1.29, 1.82) is 0 Å². The number of hydrogen-bond donors (Lipinski definition) is 1. The Hall–Kier alpha value is -3.35. The molecule has 0 radical (unpaired) electrons. The Balaban J connectivity index is 1.93. The maximum absolute atomic E-state index is 13.4. The first-order valence-corrected chi connectivity index (χ1v) is 12.9. The normalized spacial score (nSPS) is 18.2. The highest BCUT2D eigenvalue weighted by molar-refractivity contribution is 6.06. The number of methoxy groups -OCH3 is 1. The van der Waals surface area contributed by atoms with Gasteiger partial charge in [-0.25, -0.2) is 0 Å². The van der Waals surface area contributed by atoms with Crippen LogP contribution in [-0.4, -0.2) is 47.8 Å². The summed E-state index contributed by atoms with van der Waals surface area (Å²) >= 11 is 0. The van der Waals surface area contributed by atoms with Crippen LogP contribution in [0.2, 0.25) is 0 Å². The minimum atomic E-state index is -0.896. The molecule has 0 atom stereocenters. The quantitative estimate of drug-likeness (QED) is 0.453. The van der Waals surface area contributed by atoms with E-state index in [1.165, 1.54) is 0 Å². The molecule has 0 amide bonds. The van der Waals surface area contributed by atoms with Crippen LogP contribution in [0.25, 0.3) is 0 Å². The van der Waals surface area contributed by atoms with Gasteiger partial charge in [-0.2, -0.15) is 0 Å². The lowest BCUT2D eigenvalue weighted by Gasteiger charge is -2.44. The summed E-state index contributed by atoms with van der Waals surface area (Å²) in [5.74, 6) is -0.0946. The highest BCUT2D eigenvalue weighted by Gasteiger charge is 2.43. The van der Waals surface area contributed by atoms with E-state index in [1.54, 1.807) is 13.2 Å². The number of rotatable bonds is 10. The Morgan fingerprint density at radius 3 is 2.28 bits per heavy atom. The third kappa shape index (κ3) is 4.84. The zero-order valence-corrected chi connectivity index (χ0v) is 21.2. The molecule has 1 aromatic carbocycles. The first kappa shape index (κ1) is 25.7. The first-order chi connectivity index (χ1) is 17.4. The van der Waals surface area contributed by atoms with E-state index in [2.05, 4.69) is 6.58 Å². The van der Waals surface area contributed by atoms with Gasteiger partial charge in [0.2, 0.25) is 0 Å². The second-order valence-electron chi connectivity index (χ2n) is 9.56. The molecular weight excluding hydrogens is 458 g/mol. The highest BCUT2D eigenvalue weighted by atomic mass is 16.5. The molecule has 0 unspecified atom stereocenters. The van der Waals surface area contributed by atoms with Crippen LogP contribution in [-0.2, 0) is 20.8 Å². The summed E-state index contributed by atoms with van der Waals surface area (Å²) in [5.41, 5.74) is 4.75. The van der Waals surface area contributed by atoms with Gasteiger partial charge in [-0.1, -0.05) is 19.1 Å². The number of hydrogen-bond acceptors (Lipinski definition) is 6. The number of ether oxygens (including phenoxy) is 2. The van der Waals surface area contributed by atoms with E-state index in [4.69, 9.17) is 9.47 Å². The lowest BCUT2D eigenvalue weighted by atomic mass is 9.70. The van der Waals surface area contributed by atoms with Crippen LogP contribution in [0.1, 0.15) is 75.3 Å². The summed E-state index contributed by atoms with van der Waals surface area (Å²) in [6.07, 6.45) is 6.83. The molecule has 1 N–H and O–H groups in total. The number of carbonyl (C=O) groups excluding carboxylic acids is 2. The summed E-state index contributed by atoms with van der Waals surface area (Å²) in [7, 11) is 1.59. The fourth-order valence-electron chi connectivity index (χ4n) is 5.70. The van der Waals surface area contributed by atoms with E-state index >= 15 is 0 Å². The standard InChI is InChI=1S/C29H35NO6/c1-4-8-18-16-19(17-24(35-3)29(18)36-15-5-2)26-27-20(9-6-11-22(27)31)30(14-13-25(33)34)21-10-7-12-23(32)28(21)26/h4,16-17,26H,1,5-15H2,2-3H3,(H,33,34). The van der Waals surface area contributed by atoms with E-state index in [9.17, 15) is 19.5 Å². The Kier molecular flexibility index (Phi) is 7.97. The van der Waals surface area contributed by atoms with E-state index < -0.39 is 11.9 Å². The second kappa shape index (κ2) is 11.1. The number of carboxylic acids is 1. The zero-order chi connectivity index (χ0) is 25.8. The molecule has 0 fully saturated rings. The molecule has 4 rings (SSSR count). The molecule has 1 aromatic rings. The predicted octanol–water partition coefficient (Wildman–Crippen LogP) is 5.10. The topological polar surface area (TPSA) is 93.1 Å². The third-order valence-electron chi connectivity index (χ3n) is 7.16. The molecule has 0 aromatic heterocycles. The number of carbonyl (C=O) groups is 3. The van der Waals surface area contributed by atoms with E-state index in [-0.39, 0.29) is 24.5 Å². The van der Waals surface area contributed by atoms with Crippen molar-refractivity contribution in [2.24, 2.45) is 0 Å². The number of carboxylic acid groups (broad SMARTS) is 1. The molecular formula is C29H35NO6. The maximum atomic E-state index is 13.4. The van der Waals surface area contributed by atoms with Crippen LogP contribution < -0.4 is 9.47 Å². The third-order valence-corrected chi connectivity index (χ3v) is 7.16. The molecule has 0 saturated heterocycles. The fraction of sp³-hybridized carbons (Fsp3) is 0.483. The van der Waals surface area contributed by atoms with Crippen LogP contribution in [0.5, 0.6) is 11.5 Å². The summed E-state index contributed by atoms with van der Waals surface area (Å²) in [6.45, 7) is 6.74. The molecule has 3 aliphatic rings. The van der Waals surface area contributed by atoms with Gasteiger partial charge in [0.15, 0.2) is 23.1 Å². The van der Waals surface area contributed by atoms with Crippen LogP contribution in [0, 0.1) is 0 Å². The monoisotopic (exact) mass is 493 g/mol. The van der Waals surface area contributed by atoms with Gasteiger partial charge in [0.1, 0.15) is 0 Å². The average molecular weight is 494 g/mol.